The lowest BCUT2D eigenvalue weighted by atomic mass is 10.1. The number of fused-ring (bicyclic) bond motifs is 2. The zero-order valence-electron chi connectivity index (χ0n) is 14.8. The summed E-state index contributed by atoms with van der Waals surface area (Å²) in [6.07, 6.45) is 7.61. The van der Waals surface area contributed by atoms with Gasteiger partial charge < -0.3 is 9.47 Å². The van der Waals surface area contributed by atoms with E-state index in [9.17, 15) is 4.39 Å². The van der Waals surface area contributed by atoms with Crippen molar-refractivity contribution in [3.63, 3.8) is 0 Å². The normalized spacial score (nSPS) is 13.9. The van der Waals surface area contributed by atoms with Crippen LogP contribution in [0.15, 0.2) is 55.1 Å². The van der Waals surface area contributed by atoms with Crippen LogP contribution < -0.4 is 4.90 Å². The van der Waals surface area contributed by atoms with Crippen molar-refractivity contribution in [2.45, 2.75) is 19.4 Å². The minimum absolute atomic E-state index is 0.234. The van der Waals surface area contributed by atoms with Gasteiger partial charge in [-0.15, -0.1) is 0 Å². The lowest BCUT2D eigenvalue weighted by molar-refractivity contribution is 0.616. The Morgan fingerprint density at radius 3 is 2.81 bits per heavy atom. The van der Waals surface area contributed by atoms with Crippen LogP contribution in [0.2, 0.25) is 0 Å². The molecule has 27 heavy (non-hydrogen) atoms. The maximum absolute atomic E-state index is 13.2. The van der Waals surface area contributed by atoms with E-state index in [2.05, 4.69) is 24.5 Å². The second kappa shape index (κ2) is 6.50. The molecular weight excluding hydrogens is 343 g/mol. The summed E-state index contributed by atoms with van der Waals surface area (Å²) in [6, 6.07) is 10.4. The van der Waals surface area contributed by atoms with Gasteiger partial charge in [0.05, 0.1) is 29.6 Å². The molecule has 0 unspecified atom stereocenters. The van der Waals surface area contributed by atoms with Crippen molar-refractivity contribution in [2.75, 3.05) is 18.0 Å². The van der Waals surface area contributed by atoms with Crippen LogP contribution in [0.1, 0.15) is 12.1 Å². The fourth-order valence-electron chi connectivity index (χ4n) is 3.75. The van der Waals surface area contributed by atoms with Crippen molar-refractivity contribution < 1.29 is 4.39 Å². The smallest absolute Gasteiger partial charge is 0.159 e. The quantitative estimate of drug-likeness (QED) is 0.559. The predicted octanol–water partition coefficient (Wildman–Crippen LogP) is 3.21. The third-order valence-corrected chi connectivity index (χ3v) is 5.09. The number of nitrogens with zero attached hydrogens (tertiary/aromatic N) is 6. The van der Waals surface area contributed by atoms with Crippen LogP contribution in [0, 0.1) is 5.82 Å². The van der Waals surface area contributed by atoms with Gasteiger partial charge in [-0.1, -0.05) is 0 Å². The number of rotatable bonds is 4. The molecule has 0 saturated carbocycles. The SMILES string of the molecule is Fc1ccc(-n2ncc3c2CCCN3CCn2cnc3cccnc32)cc1. The lowest BCUT2D eigenvalue weighted by Crippen LogP contribution is -2.32. The highest BCUT2D eigenvalue weighted by Crippen LogP contribution is 2.29. The van der Waals surface area contributed by atoms with E-state index in [0.717, 1.165) is 55.0 Å². The van der Waals surface area contributed by atoms with Crippen molar-refractivity contribution >= 4 is 16.9 Å². The van der Waals surface area contributed by atoms with Crippen LogP contribution in [0.3, 0.4) is 0 Å². The Balaban J connectivity index is 1.39. The standard InChI is InChI=1S/C20H19FN6/c21-15-5-7-16(8-6-15)27-18-4-2-10-25(19(18)13-24-27)11-12-26-14-23-17-3-1-9-22-20(17)26/h1,3,5-9,13-14H,2,4,10-12H2. The summed E-state index contributed by atoms with van der Waals surface area (Å²) in [4.78, 5) is 11.2. The molecule has 0 spiro atoms. The first-order valence-electron chi connectivity index (χ1n) is 9.13. The second-order valence-corrected chi connectivity index (χ2v) is 6.74. The Bertz CT molecular complexity index is 1080. The molecule has 0 bridgehead atoms. The molecule has 0 N–H and O–H groups in total. The Hall–Kier alpha value is -3.22. The first-order chi connectivity index (χ1) is 13.3. The predicted molar refractivity (Wildman–Crippen MR) is 102 cm³/mol. The van der Waals surface area contributed by atoms with E-state index in [0.29, 0.717) is 0 Å². The number of halogens is 1. The molecule has 4 heterocycles. The van der Waals surface area contributed by atoms with Crippen LogP contribution in [0.25, 0.3) is 16.9 Å². The molecule has 1 aromatic carbocycles. The van der Waals surface area contributed by atoms with Crippen molar-refractivity contribution in [3.8, 4) is 5.69 Å². The molecule has 1 aliphatic rings. The third kappa shape index (κ3) is 2.85. The molecule has 6 nitrogen and oxygen atoms in total. The van der Waals surface area contributed by atoms with Gasteiger partial charge in [-0.05, 0) is 49.2 Å². The molecule has 0 radical (unpaired) electrons. The third-order valence-electron chi connectivity index (χ3n) is 5.09. The summed E-state index contributed by atoms with van der Waals surface area (Å²) < 4.78 is 17.2. The highest BCUT2D eigenvalue weighted by molar-refractivity contribution is 5.70. The molecule has 5 rings (SSSR count). The maximum Gasteiger partial charge on any atom is 0.159 e. The highest BCUT2D eigenvalue weighted by atomic mass is 19.1. The van der Waals surface area contributed by atoms with Gasteiger partial charge in [0, 0.05) is 25.8 Å². The minimum Gasteiger partial charge on any atom is -0.367 e. The number of benzene rings is 1. The van der Waals surface area contributed by atoms with Crippen LogP contribution in [0.5, 0.6) is 0 Å². The summed E-state index contributed by atoms with van der Waals surface area (Å²) in [6.45, 7) is 2.68. The number of hydrogen-bond donors (Lipinski definition) is 0. The van der Waals surface area contributed by atoms with Gasteiger partial charge in [0.2, 0.25) is 0 Å². The zero-order chi connectivity index (χ0) is 18.2. The van der Waals surface area contributed by atoms with Crippen molar-refractivity contribution in [1.29, 1.82) is 0 Å². The zero-order valence-corrected chi connectivity index (χ0v) is 14.8. The molecule has 7 heteroatoms. The molecule has 1 aliphatic heterocycles. The monoisotopic (exact) mass is 362 g/mol. The summed E-state index contributed by atoms with van der Waals surface area (Å²) in [7, 11) is 0. The molecule has 0 saturated heterocycles. The molecule has 0 atom stereocenters. The van der Waals surface area contributed by atoms with E-state index in [1.54, 1.807) is 18.3 Å². The van der Waals surface area contributed by atoms with Crippen molar-refractivity contribution in [1.82, 2.24) is 24.3 Å². The van der Waals surface area contributed by atoms with Gasteiger partial charge in [-0.25, -0.2) is 19.0 Å². The maximum atomic E-state index is 13.2. The lowest BCUT2D eigenvalue weighted by Gasteiger charge is -2.29. The molecule has 0 amide bonds. The molecular formula is C20H19FN6. The molecule has 136 valence electrons. The van der Waals surface area contributed by atoms with Gasteiger partial charge >= 0.3 is 0 Å². The number of hydrogen-bond acceptors (Lipinski definition) is 4. The van der Waals surface area contributed by atoms with E-state index in [1.165, 1.54) is 17.8 Å². The van der Waals surface area contributed by atoms with E-state index >= 15 is 0 Å². The van der Waals surface area contributed by atoms with Gasteiger partial charge in [-0.3, -0.25) is 0 Å². The van der Waals surface area contributed by atoms with Crippen LogP contribution in [-0.2, 0) is 13.0 Å². The number of aromatic nitrogens is 5. The number of anilines is 1. The van der Waals surface area contributed by atoms with Crippen molar-refractivity contribution in [2.24, 2.45) is 0 Å². The Morgan fingerprint density at radius 2 is 1.93 bits per heavy atom. The van der Waals surface area contributed by atoms with Crippen LogP contribution in [-0.4, -0.2) is 37.4 Å². The first kappa shape index (κ1) is 16.0. The van der Waals surface area contributed by atoms with E-state index in [1.807, 2.05) is 29.3 Å². The van der Waals surface area contributed by atoms with E-state index in [-0.39, 0.29) is 5.82 Å². The van der Waals surface area contributed by atoms with Gasteiger partial charge in [0.25, 0.3) is 0 Å². The average molecular weight is 362 g/mol. The fourth-order valence-corrected chi connectivity index (χ4v) is 3.75. The minimum atomic E-state index is -0.234. The van der Waals surface area contributed by atoms with Crippen molar-refractivity contribution in [3.05, 3.63) is 66.6 Å². The average Bonchev–Trinajstić information content (AvgIpc) is 3.32. The van der Waals surface area contributed by atoms with E-state index in [4.69, 9.17) is 0 Å². The highest BCUT2D eigenvalue weighted by Gasteiger charge is 2.22. The topological polar surface area (TPSA) is 51.8 Å². The van der Waals surface area contributed by atoms with Crippen LogP contribution >= 0.6 is 0 Å². The Labute approximate surface area is 155 Å². The number of imidazole rings is 1. The van der Waals surface area contributed by atoms with Gasteiger partial charge in [0.15, 0.2) is 5.65 Å². The summed E-state index contributed by atoms with van der Waals surface area (Å²) in [5.41, 5.74) is 5.06. The summed E-state index contributed by atoms with van der Waals surface area (Å²) in [5.74, 6) is -0.234. The molecule has 3 aromatic heterocycles. The molecule has 0 fully saturated rings. The summed E-state index contributed by atoms with van der Waals surface area (Å²) >= 11 is 0. The Morgan fingerprint density at radius 1 is 1.04 bits per heavy atom. The van der Waals surface area contributed by atoms with Gasteiger partial charge in [0.1, 0.15) is 11.3 Å². The van der Waals surface area contributed by atoms with Gasteiger partial charge in [-0.2, -0.15) is 5.10 Å². The van der Waals surface area contributed by atoms with Crippen LogP contribution in [0.4, 0.5) is 10.1 Å². The molecule has 0 aliphatic carbocycles. The number of pyridine rings is 1. The Kier molecular flexibility index (Phi) is 3.85. The largest absolute Gasteiger partial charge is 0.367 e. The van der Waals surface area contributed by atoms with E-state index < -0.39 is 0 Å². The second-order valence-electron chi connectivity index (χ2n) is 6.74. The molecule has 4 aromatic rings. The summed E-state index contributed by atoms with van der Waals surface area (Å²) in [5, 5.41) is 4.56. The first-order valence-corrected chi connectivity index (χ1v) is 9.13. The fraction of sp³-hybridized carbons (Fsp3) is 0.250.